The summed E-state index contributed by atoms with van der Waals surface area (Å²) in [6, 6.07) is 2.99. The smallest absolute Gasteiger partial charge is 0.263 e. The predicted molar refractivity (Wildman–Crippen MR) is 68.5 cm³/mol. The molecule has 0 aliphatic rings. The SMILES string of the molecule is O=S(=O)(Nc1cc(Br)cnc1Cl)c1cc[nH]c1. The van der Waals surface area contributed by atoms with Crippen LogP contribution in [-0.2, 0) is 10.0 Å². The number of nitrogens with zero attached hydrogens (tertiary/aromatic N) is 1. The number of sulfonamides is 1. The van der Waals surface area contributed by atoms with E-state index in [2.05, 4.69) is 30.6 Å². The predicted octanol–water partition coefficient (Wildman–Crippen LogP) is 2.63. The molecule has 2 rings (SSSR count). The summed E-state index contributed by atoms with van der Waals surface area (Å²) in [6.45, 7) is 0. The van der Waals surface area contributed by atoms with E-state index in [4.69, 9.17) is 11.6 Å². The summed E-state index contributed by atoms with van der Waals surface area (Å²) in [7, 11) is -3.64. The fourth-order valence-electron chi connectivity index (χ4n) is 1.17. The molecule has 0 aromatic carbocycles. The molecule has 0 atom stereocenters. The maximum absolute atomic E-state index is 11.9. The molecule has 0 fully saturated rings. The van der Waals surface area contributed by atoms with Crippen LogP contribution in [0.3, 0.4) is 0 Å². The molecule has 2 N–H and O–H groups in total. The summed E-state index contributed by atoms with van der Waals surface area (Å²) in [5.74, 6) is 0. The quantitative estimate of drug-likeness (QED) is 0.846. The third-order valence-corrected chi connectivity index (χ3v) is 4.03. The third-order valence-electron chi connectivity index (χ3n) is 1.93. The standard InChI is InChI=1S/C9H7BrClN3O2S/c10-6-3-8(9(11)13-4-6)14-17(15,16)7-1-2-12-5-7/h1-5,12,14H. The Bertz CT molecular complexity index is 628. The average Bonchev–Trinajstić information content (AvgIpc) is 2.77. The van der Waals surface area contributed by atoms with Gasteiger partial charge in [-0.3, -0.25) is 4.72 Å². The highest BCUT2D eigenvalue weighted by atomic mass is 79.9. The Labute approximate surface area is 111 Å². The maximum Gasteiger partial charge on any atom is 0.263 e. The van der Waals surface area contributed by atoms with Crippen molar-refractivity contribution >= 4 is 43.2 Å². The molecule has 17 heavy (non-hydrogen) atoms. The van der Waals surface area contributed by atoms with Crippen LogP contribution >= 0.6 is 27.5 Å². The van der Waals surface area contributed by atoms with E-state index in [9.17, 15) is 8.42 Å². The second-order valence-corrected chi connectivity index (χ2v) is 6.10. The summed E-state index contributed by atoms with van der Waals surface area (Å²) >= 11 is 8.99. The van der Waals surface area contributed by atoms with Gasteiger partial charge in [-0.2, -0.15) is 0 Å². The molecule has 2 aromatic rings. The molecule has 0 spiro atoms. The van der Waals surface area contributed by atoms with E-state index in [0.717, 1.165) is 0 Å². The van der Waals surface area contributed by atoms with E-state index in [0.29, 0.717) is 4.47 Å². The number of anilines is 1. The molecule has 0 radical (unpaired) electrons. The minimum absolute atomic E-state index is 0.0901. The first-order valence-corrected chi connectivity index (χ1v) is 7.11. The molecule has 5 nitrogen and oxygen atoms in total. The second-order valence-electron chi connectivity index (χ2n) is 3.14. The molecule has 0 saturated carbocycles. The Kier molecular flexibility index (Phi) is 3.41. The monoisotopic (exact) mass is 335 g/mol. The fourth-order valence-corrected chi connectivity index (χ4v) is 2.74. The third kappa shape index (κ3) is 2.80. The van der Waals surface area contributed by atoms with Crippen molar-refractivity contribution in [3.63, 3.8) is 0 Å². The van der Waals surface area contributed by atoms with Crippen molar-refractivity contribution in [3.8, 4) is 0 Å². The zero-order valence-electron chi connectivity index (χ0n) is 8.31. The van der Waals surface area contributed by atoms with Crippen molar-refractivity contribution in [2.24, 2.45) is 0 Å². The van der Waals surface area contributed by atoms with Crippen molar-refractivity contribution in [2.45, 2.75) is 4.90 Å². The number of aromatic nitrogens is 2. The highest BCUT2D eigenvalue weighted by Gasteiger charge is 2.16. The number of pyridine rings is 1. The topological polar surface area (TPSA) is 74.8 Å². The lowest BCUT2D eigenvalue weighted by molar-refractivity contribution is 0.601. The Balaban J connectivity index is 2.36. The van der Waals surface area contributed by atoms with Gasteiger partial charge in [0.2, 0.25) is 0 Å². The van der Waals surface area contributed by atoms with Gasteiger partial charge in [0.15, 0.2) is 5.15 Å². The molecule has 0 unspecified atom stereocenters. The fraction of sp³-hybridized carbons (Fsp3) is 0. The van der Waals surface area contributed by atoms with Crippen LogP contribution in [0.2, 0.25) is 5.15 Å². The Hall–Kier alpha value is -1.05. The average molecular weight is 337 g/mol. The first kappa shape index (κ1) is 12.4. The van der Waals surface area contributed by atoms with E-state index < -0.39 is 10.0 Å². The summed E-state index contributed by atoms with van der Waals surface area (Å²) in [5, 5.41) is 0.0901. The van der Waals surface area contributed by atoms with Gasteiger partial charge < -0.3 is 4.98 Å². The molecule has 0 aliphatic heterocycles. The summed E-state index contributed by atoms with van der Waals surface area (Å²) in [5.41, 5.74) is 0.224. The van der Waals surface area contributed by atoms with Gasteiger partial charge >= 0.3 is 0 Å². The number of aromatic amines is 1. The van der Waals surface area contributed by atoms with E-state index >= 15 is 0 Å². The first-order chi connectivity index (χ1) is 7.99. The number of hydrogen-bond donors (Lipinski definition) is 2. The first-order valence-electron chi connectivity index (χ1n) is 4.46. The minimum Gasteiger partial charge on any atom is -0.366 e. The molecule has 2 heterocycles. The molecule has 8 heteroatoms. The summed E-state index contributed by atoms with van der Waals surface area (Å²) < 4.78 is 26.8. The largest absolute Gasteiger partial charge is 0.366 e. The zero-order chi connectivity index (χ0) is 12.5. The van der Waals surface area contributed by atoms with Gasteiger partial charge in [0.25, 0.3) is 10.0 Å². The van der Waals surface area contributed by atoms with Crippen LogP contribution in [0.25, 0.3) is 0 Å². The minimum atomic E-state index is -3.64. The van der Waals surface area contributed by atoms with Crippen LogP contribution in [0.15, 0.2) is 40.1 Å². The lowest BCUT2D eigenvalue weighted by Crippen LogP contribution is -2.12. The van der Waals surface area contributed by atoms with Crippen molar-refractivity contribution < 1.29 is 8.42 Å². The van der Waals surface area contributed by atoms with E-state index in [-0.39, 0.29) is 15.7 Å². The molecule has 2 aromatic heterocycles. The number of hydrogen-bond acceptors (Lipinski definition) is 3. The van der Waals surface area contributed by atoms with E-state index in [1.54, 1.807) is 6.07 Å². The molecule has 0 saturated heterocycles. The second kappa shape index (κ2) is 4.67. The van der Waals surface area contributed by atoms with Crippen LogP contribution in [0, 0.1) is 0 Å². The van der Waals surface area contributed by atoms with Crippen LogP contribution in [0.1, 0.15) is 0 Å². The lowest BCUT2D eigenvalue weighted by Gasteiger charge is -2.07. The van der Waals surface area contributed by atoms with Gasteiger partial charge in [0.05, 0.1) is 5.69 Å². The molecule has 0 amide bonds. The van der Waals surface area contributed by atoms with E-state index in [1.165, 1.54) is 24.7 Å². The number of H-pyrrole nitrogens is 1. The van der Waals surface area contributed by atoms with Crippen LogP contribution < -0.4 is 4.72 Å². The Morgan fingerprint density at radius 1 is 1.47 bits per heavy atom. The van der Waals surface area contributed by atoms with Gasteiger partial charge in [-0.05, 0) is 28.1 Å². The van der Waals surface area contributed by atoms with E-state index in [1.807, 2.05) is 0 Å². The Morgan fingerprint density at radius 2 is 2.24 bits per heavy atom. The van der Waals surface area contributed by atoms with Gasteiger partial charge in [0, 0.05) is 23.1 Å². The van der Waals surface area contributed by atoms with Crippen molar-refractivity contribution in [2.75, 3.05) is 4.72 Å². The number of nitrogens with one attached hydrogen (secondary N) is 2. The van der Waals surface area contributed by atoms with Gasteiger partial charge in [0.1, 0.15) is 4.90 Å². The van der Waals surface area contributed by atoms with Gasteiger partial charge in [-0.1, -0.05) is 11.6 Å². The van der Waals surface area contributed by atoms with Crippen molar-refractivity contribution in [3.05, 3.63) is 40.3 Å². The zero-order valence-corrected chi connectivity index (χ0v) is 11.5. The maximum atomic E-state index is 11.9. The van der Waals surface area contributed by atoms with Gasteiger partial charge in [-0.25, -0.2) is 13.4 Å². The van der Waals surface area contributed by atoms with Crippen molar-refractivity contribution in [1.82, 2.24) is 9.97 Å². The molecule has 0 aliphatic carbocycles. The lowest BCUT2D eigenvalue weighted by atomic mass is 10.4. The molecule has 90 valence electrons. The normalized spacial score (nSPS) is 11.4. The molecule has 0 bridgehead atoms. The van der Waals surface area contributed by atoms with Crippen LogP contribution in [0.5, 0.6) is 0 Å². The highest BCUT2D eigenvalue weighted by molar-refractivity contribution is 9.10. The molecular formula is C9H7BrClN3O2S. The van der Waals surface area contributed by atoms with Crippen molar-refractivity contribution in [1.29, 1.82) is 0 Å². The number of halogens is 2. The molecular weight excluding hydrogens is 330 g/mol. The van der Waals surface area contributed by atoms with Crippen LogP contribution in [0.4, 0.5) is 5.69 Å². The summed E-state index contributed by atoms with van der Waals surface area (Å²) in [4.78, 5) is 6.63. The highest BCUT2D eigenvalue weighted by Crippen LogP contribution is 2.25. The summed E-state index contributed by atoms with van der Waals surface area (Å²) in [6.07, 6.45) is 4.38. The Morgan fingerprint density at radius 3 is 2.88 bits per heavy atom. The number of rotatable bonds is 3. The van der Waals surface area contributed by atoms with Crippen LogP contribution in [-0.4, -0.2) is 18.4 Å². The van der Waals surface area contributed by atoms with Gasteiger partial charge in [-0.15, -0.1) is 0 Å².